The van der Waals surface area contributed by atoms with Gasteiger partial charge in [0.1, 0.15) is 11.5 Å². The van der Waals surface area contributed by atoms with Crippen LogP contribution in [0.4, 0.5) is 0 Å². The van der Waals surface area contributed by atoms with Crippen LogP contribution >= 0.6 is 22.9 Å². The van der Waals surface area contributed by atoms with Gasteiger partial charge in [-0.2, -0.15) is 0 Å². The van der Waals surface area contributed by atoms with Crippen molar-refractivity contribution in [2.45, 2.75) is 5.88 Å². The minimum atomic E-state index is 0.420. The van der Waals surface area contributed by atoms with Crippen LogP contribution in [0.1, 0.15) is 16.7 Å². The van der Waals surface area contributed by atoms with E-state index in [9.17, 15) is 0 Å². The zero-order valence-corrected chi connectivity index (χ0v) is 11.4. The summed E-state index contributed by atoms with van der Waals surface area (Å²) >= 11 is 7.56. The van der Waals surface area contributed by atoms with Gasteiger partial charge in [0.15, 0.2) is 0 Å². The van der Waals surface area contributed by atoms with Crippen LogP contribution in [-0.4, -0.2) is 0 Å². The summed E-state index contributed by atoms with van der Waals surface area (Å²) in [5.74, 6) is 2.02. The lowest BCUT2D eigenvalue weighted by Crippen LogP contribution is -1.92. The predicted molar refractivity (Wildman–Crippen MR) is 80.6 cm³/mol. The number of halogens is 1. The van der Waals surface area contributed by atoms with Crippen LogP contribution in [0.15, 0.2) is 42.1 Å². The summed E-state index contributed by atoms with van der Waals surface area (Å²) in [5.41, 5.74) is 2.99. The Labute approximate surface area is 116 Å². The Hall–Kier alpha value is -1.51. The number of thiophene rings is 1. The number of ether oxygens (including phenoxy) is 1. The molecule has 0 N–H and O–H groups in total. The van der Waals surface area contributed by atoms with Gasteiger partial charge in [-0.25, -0.2) is 0 Å². The Morgan fingerprint density at radius 1 is 1.22 bits per heavy atom. The molecule has 0 amide bonds. The molecule has 2 rings (SSSR count). The summed E-state index contributed by atoms with van der Waals surface area (Å²) in [6, 6.07) is 5.81. The van der Waals surface area contributed by atoms with Crippen LogP contribution in [-0.2, 0) is 5.88 Å². The fraction of sp³-hybridized carbons (Fsp3) is 0.0667. The van der Waals surface area contributed by atoms with Gasteiger partial charge in [0, 0.05) is 11.3 Å². The van der Waals surface area contributed by atoms with E-state index >= 15 is 0 Å². The first-order chi connectivity index (χ1) is 8.78. The molecule has 0 unspecified atom stereocenters. The minimum absolute atomic E-state index is 0.420. The Morgan fingerprint density at radius 3 is 2.61 bits per heavy atom. The lowest BCUT2D eigenvalue weighted by atomic mass is 10.0. The summed E-state index contributed by atoms with van der Waals surface area (Å²) in [5, 5.41) is 3.93. The van der Waals surface area contributed by atoms with E-state index < -0.39 is 0 Å². The summed E-state index contributed by atoms with van der Waals surface area (Å²) in [4.78, 5) is 0. The summed E-state index contributed by atoms with van der Waals surface area (Å²) in [6.07, 6.45) is 3.58. The van der Waals surface area contributed by atoms with Gasteiger partial charge < -0.3 is 4.74 Å². The first-order valence-electron chi connectivity index (χ1n) is 5.46. The minimum Gasteiger partial charge on any atom is -0.456 e. The quantitative estimate of drug-likeness (QED) is 0.649. The molecular weight excluding hydrogens is 264 g/mol. The molecule has 1 aromatic carbocycles. The molecule has 0 spiro atoms. The summed E-state index contributed by atoms with van der Waals surface area (Å²) < 4.78 is 5.77. The Balaban J connectivity index is 2.43. The van der Waals surface area contributed by atoms with Crippen molar-refractivity contribution in [1.82, 2.24) is 0 Å². The fourth-order valence-electron chi connectivity index (χ4n) is 1.74. The molecule has 0 radical (unpaired) electrons. The maximum absolute atomic E-state index is 5.96. The monoisotopic (exact) mass is 276 g/mol. The molecule has 92 valence electrons. The topological polar surface area (TPSA) is 9.23 Å². The molecule has 1 heterocycles. The lowest BCUT2D eigenvalue weighted by Gasteiger charge is -2.11. The van der Waals surface area contributed by atoms with Crippen molar-refractivity contribution in [3.05, 3.63) is 58.8 Å². The third kappa shape index (κ3) is 2.66. The average molecular weight is 277 g/mol. The molecule has 18 heavy (non-hydrogen) atoms. The van der Waals surface area contributed by atoms with Gasteiger partial charge in [0.25, 0.3) is 0 Å². The molecule has 0 saturated carbocycles. The molecule has 2 aromatic rings. The second kappa shape index (κ2) is 5.89. The van der Waals surface area contributed by atoms with Crippen LogP contribution in [0.3, 0.4) is 0 Å². The molecule has 0 aliphatic carbocycles. The van der Waals surface area contributed by atoms with E-state index in [1.165, 1.54) is 0 Å². The van der Waals surface area contributed by atoms with Gasteiger partial charge in [-0.05, 0) is 40.3 Å². The SMILES string of the molecule is C=Cc1cc(Oc2ccsc2)cc(CCl)c1C=C. The van der Waals surface area contributed by atoms with E-state index in [4.69, 9.17) is 16.3 Å². The first-order valence-corrected chi connectivity index (χ1v) is 6.94. The van der Waals surface area contributed by atoms with E-state index in [1.807, 2.05) is 29.0 Å². The Bertz CT molecular complexity index is 558. The lowest BCUT2D eigenvalue weighted by molar-refractivity contribution is 0.484. The maximum Gasteiger partial charge on any atom is 0.138 e. The molecule has 0 saturated heterocycles. The van der Waals surface area contributed by atoms with Crippen LogP contribution < -0.4 is 4.74 Å². The van der Waals surface area contributed by atoms with Gasteiger partial charge in [0.2, 0.25) is 0 Å². The van der Waals surface area contributed by atoms with Gasteiger partial charge in [-0.3, -0.25) is 0 Å². The predicted octanol–water partition coefficient (Wildman–Crippen LogP) is 5.57. The van der Waals surface area contributed by atoms with Crippen molar-refractivity contribution in [3.63, 3.8) is 0 Å². The van der Waals surface area contributed by atoms with E-state index in [-0.39, 0.29) is 0 Å². The Kier molecular flexibility index (Phi) is 4.24. The molecule has 0 aliphatic heterocycles. The second-order valence-corrected chi connectivity index (χ2v) is 4.74. The van der Waals surface area contributed by atoms with Crippen molar-refractivity contribution in [3.8, 4) is 11.5 Å². The zero-order valence-electron chi connectivity index (χ0n) is 9.86. The smallest absolute Gasteiger partial charge is 0.138 e. The van der Waals surface area contributed by atoms with E-state index in [2.05, 4.69) is 13.2 Å². The van der Waals surface area contributed by atoms with E-state index in [0.29, 0.717) is 5.88 Å². The normalized spacial score (nSPS) is 10.1. The molecule has 1 nitrogen and oxygen atoms in total. The number of hydrogen-bond acceptors (Lipinski definition) is 2. The molecule has 1 aromatic heterocycles. The standard InChI is InChI=1S/C15H13ClOS/c1-3-11-7-14(17-13-5-6-18-10-13)8-12(9-16)15(11)4-2/h3-8,10H,1-2,9H2. The second-order valence-electron chi connectivity index (χ2n) is 3.69. The zero-order chi connectivity index (χ0) is 13.0. The highest BCUT2D eigenvalue weighted by Crippen LogP contribution is 2.30. The highest BCUT2D eigenvalue weighted by atomic mass is 35.5. The van der Waals surface area contributed by atoms with Crippen molar-refractivity contribution < 1.29 is 4.74 Å². The fourth-order valence-corrected chi connectivity index (χ4v) is 2.51. The van der Waals surface area contributed by atoms with Crippen LogP contribution in [0, 0.1) is 0 Å². The van der Waals surface area contributed by atoms with Crippen molar-refractivity contribution in [2.24, 2.45) is 0 Å². The van der Waals surface area contributed by atoms with Gasteiger partial charge in [-0.15, -0.1) is 22.9 Å². The van der Waals surface area contributed by atoms with Crippen LogP contribution in [0.25, 0.3) is 12.2 Å². The molecule has 0 bridgehead atoms. The molecule has 0 aliphatic rings. The molecular formula is C15H13ClOS. The van der Waals surface area contributed by atoms with Crippen LogP contribution in [0.5, 0.6) is 11.5 Å². The average Bonchev–Trinajstić information content (AvgIpc) is 2.90. The van der Waals surface area contributed by atoms with Crippen molar-refractivity contribution in [2.75, 3.05) is 0 Å². The highest BCUT2D eigenvalue weighted by molar-refractivity contribution is 7.08. The van der Waals surface area contributed by atoms with Gasteiger partial charge in [0.05, 0.1) is 0 Å². The number of alkyl halides is 1. The maximum atomic E-state index is 5.96. The first kappa shape index (κ1) is 12.9. The number of rotatable bonds is 5. The van der Waals surface area contributed by atoms with Gasteiger partial charge in [-0.1, -0.05) is 25.3 Å². The molecule has 3 heteroatoms. The summed E-state index contributed by atoms with van der Waals surface area (Å²) in [7, 11) is 0. The number of benzene rings is 1. The Morgan fingerprint density at radius 2 is 2.06 bits per heavy atom. The van der Waals surface area contributed by atoms with E-state index in [1.54, 1.807) is 23.5 Å². The largest absolute Gasteiger partial charge is 0.456 e. The third-order valence-electron chi connectivity index (χ3n) is 2.57. The highest BCUT2D eigenvalue weighted by Gasteiger charge is 2.07. The molecule has 0 atom stereocenters. The third-order valence-corrected chi connectivity index (χ3v) is 3.52. The molecule has 0 fully saturated rings. The van der Waals surface area contributed by atoms with E-state index in [0.717, 1.165) is 28.2 Å². The van der Waals surface area contributed by atoms with Crippen LogP contribution in [0.2, 0.25) is 0 Å². The van der Waals surface area contributed by atoms with Gasteiger partial charge >= 0.3 is 0 Å². The van der Waals surface area contributed by atoms with Crippen molar-refractivity contribution in [1.29, 1.82) is 0 Å². The summed E-state index contributed by atoms with van der Waals surface area (Å²) in [6.45, 7) is 7.62. The number of hydrogen-bond donors (Lipinski definition) is 0. The van der Waals surface area contributed by atoms with Crippen molar-refractivity contribution >= 4 is 35.1 Å².